The standard InChI is InChI=1S/C17H27N3OS/c1-11(2)15-19-12(3)14(17(20-15)22-4)16(21)18-10-9-13-7-5-6-8-13/h11,13H,5-10H2,1-4H3,(H,18,21). The third-order valence-electron chi connectivity index (χ3n) is 4.32. The smallest absolute Gasteiger partial charge is 0.255 e. The van der Waals surface area contributed by atoms with Crippen LogP contribution < -0.4 is 5.32 Å². The van der Waals surface area contributed by atoms with Crippen LogP contribution in [-0.4, -0.2) is 28.7 Å². The van der Waals surface area contributed by atoms with Gasteiger partial charge < -0.3 is 5.32 Å². The Hall–Kier alpha value is -1.10. The Morgan fingerprint density at radius 3 is 2.59 bits per heavy atom. The first-order chi connectivity index (χ1) is 10.5. The minimum atomic E-state index is -0.0323. The van der Waals surface area contributed by atoms with Crippen molar-refractivity contribution in [3.63, 3.8) is 0 Å². The van der Waals surface area contributed by atoms with E-state index in [1.807, 2.05) is 13.2 Å². The number of amides is 1. The maximum Gasteiger partial charge on any atom is 0.255 e. The number of thioether (sulfide) groups is 1. The van der Waals surface area contributed by atoms with E-state index in [0.29, 0.717) is 5.56 Å². The molecule has 1 saturated carbocycles. The van der Waals surface area contributed by atoms with Gasteiger partial charge in [-0.3, -0.25) is 4.79 Å². The third-order valence-corrected chi connectivity index (χ3v) is 5.01. The summed E-state index contributed by atoms with van der Waals surface area (Å²) in [6.07, 6.45) is 8.37. The molecular formula is C17H27N3OS. The Morgan fingerprint density at radius 1 is 1.32 bits per heavy atom. The maximum atomic E-state index is 12.5. The van der Waals surface area contributed by atoms with Gasteiger partial charge >= 0.3 is 0 Å². The molecule has 0 saturated heterocycles. The second-order valence-corrected chi connectivity index (χ2v) is 7.20. The summed E-state index contributed by atoms with van der Waals surface area (Å²) in [5.74, 6) is 1.84. The number of aryl methyl sites for hydroxylation is 1. The molecule has 1 aliphatic rings. The lowest BCUT2D eigenvalue weighted by Crippen LogP contribution is -2.28. The molecule has 0 aromatic carbocycles. The molecule has 1 aromatic rings. The highest BCUT2D eigenvalue weighted by Gasteiger charge is 2.20. The molecule has 1 amide bonds. The van der Waals surface area contributed by atoms with E-state index >= 15 is 0 Å². The first-order valence-corrected chi connectivity index (χ1v) is 9.46. The number of carbonyl (C=O) groups is 1. The predicted molar refractivity (Wildman–Crippen MR) is 91.5 cm³/mol. The van der Waals surface area contributed by atoms with Crippen LogP contribution in [0.3, 0.4) is 0 Å². The van der Waals surface area contributed by atoms with Gasteiger partial charge in [0, 0.05) is 12.5 Å². The topological polar surface area (TPSA) is 54.9 Å². The van der Waals surface area contributed by atoms with Crippen molar-refractivity contribution < 1.29 is 4.79 Å². The molecule has 0 spiro atoms. The molecule has 0 radical (unpaired) electrons. The van der Waals surface area contributed by atoms with Gasteiger partial charge in [-0.25, -0.2) is 9.97 Å². The van der Waals surface area contributed by atoms with Crippen molar-refractivity contribution in [3.8, 4) is 0 Å². The molecule has 1 aromatic heterocycles. The van der Waals surface area contributed by atoms with E-state index in [4.69, 9.17) is 0 Å². The molecule has 1 N–H and O–H groups in total. The summed E-state index contributed by atoms with van der Waals surface area (Å²) >= 11 is 1.52. The molecule has 0 atom stereocenters. The summed E-state index contributed by atoms with van der Waals surface area (Å²) in [5, 5.41) is 3.84. The van der Waals surface area contributed by atoms with Crippen molar-refractivity contribution in [1.82, 2.24) is 15.3 Å². The molecule has 122 valence electrons. The summed E-state index contributed by atoms with van der Waals surface area (Å²) in [4.78, 5) is 21.5. The van der Waals surface area contributed by atoms with Crippen LogP contribution in [0.25, 0.3) is 0 Å². The monoisotopic (exact) mass is 321 g/mol. The highest BCUT2D eigenvalue weighted by atomic mass is 32.2. The van der Waals surface area contributed by atoms with Gasteiger partial charge in [-0.15, -0.1) is 11.8 Å². The largest absolute Gasteiger partial charge is 0.352 e. The normalized spacial score (nSPS) is 15.5. The van der Waals surface area contributed by atoms with Gasteiger partial charge in [-0.05, 0) is 25.5 Å². The average Bonchev–Trinajstić information content (AvgIpc) is 2.99. The van der Waals surface area contributed by atoms with Gasteiger partial charge in [0.2, 0.25) is 0 Å². The molecule has 0 unspecified atom stereocenters. The van der Waals surface area contributed by atoms with E-state index < -0.39 is 0 Å². The highest BCUT2D eigenvalue weighted by molar-refractivity contribution is 7.98. The van der Waals surface area contributed by atoms with Crippen LogP contribution in [0.5, 0.6) is 0 Å². The van der Waals surface area contributed by atoms with Gasteiger partial charge in [-0.1, -0.05) is 39.5 Å². The van der Waals surface area contributed by atoms with Crippen molar-refractivity contribution in [1.29, 1.82) is 0 Å². The highest BCUT2D eigenvalue weighted by Crippen LogP contribution is 2.27. The summed E-state index contributed by atoms with van der Waals surface area (Å²) in [5.41, 5.74) is 1.42. The average molecular weight is 321 g/mol. The summed E-state index contributed by atoms with van der Waals surface area (Å²) in [7, 11) is 0. The second-order valence-electron chi connectivity index (χ2n) is 6.40. The zero-order valence-corrected chi connectivity index (χ0v) is 14.9. The Morgan fingerprint density at radius 2 is 2.00 bits per heavy atom. The fourth-order valence-electron chi connectivity index (χ4n) is 3.01. The fraction of sp³-hybridized carbons (Fsp3) is 0.706. The molecule has 22 heavy (non-hydrogen) atoms. The van der Waals surface area contributed by atoms with Crippen molar-refractivity contribution in [3.05, 3.63) is 17.1 Å². The molecular weight excluding hydrogens is 294 g/mol. The fourth-order valence-corrected chi connectivity index (χ4v) is 3.64. The number of nitrogens with zero attached hydrogens (tertiary/aromatic N) is 2. The van der Waals surface area contributed by atoms with Crippen LogP contribution in [0.4, 0.5) is 0 Å². The van der Waals surface area contributed by atoms with E-state index in [9.17, 15) is 4.79 Å². The van der Waals surface area contributed by atoms with E-state index in [2.05, 4.69) is 29.1 Å². The van der Waals surface area contributed by atoms with Crippen LogP contribution in [0.1, 0.15) is 73.7 Å². The Bertz CT molecular complexity index is 525. The van der Waals surface area contributed by atoms with Crippen LogP contribution in [-0.2, 0) is 0 Å². The lowest BCUT2D eigenvalue weighted by Gasteiger charge is -2.14. The molecule has 4 nitrogen and oxygen atoms in total. The van der Waals surface area contributed by atoms with E-state index in [1.165, 1.54) is 37.4 Å². The SMILES string of the molecule is CSc1nc(C(C)C)nc(C)c1C(=O)NCCC1CCCC1. The lowest BCUT2D eigenvalue weighted by atomic mass is 10.0. The van der Waals surface area contributed by atoms with Gasteiger partial charge in [0.15, 0.2) is 0 Å². The third kappa shape index (κ3) is 4.22. The van der Waals surface area contributed by atoms with E-state index in [-0.39, 0.29) is 11.8 Å². The zero-order valence-electron chi connectivity index (χ0n) is 14.1. The second kappa shape index (κ2) is 7.95. The summed E-state index contributed by atoms with van der Waals surface area (Å²) < 4.78 is 0. The number of nitrogens with one attached hydrogen (secondary N) is 1. The quantitative estimate of drug-likeness (QED) is 0.637. The molecule has 1 fully saturated rings. The molecule has 0 aliphatic heterocycles. The number of hydrogen-bond acceptors (Lipinski definition) is 4. The first kappa shape index (κ1) is 17.3. The zero-order chi connectivity index (χ0) is 16.1. The van der Waals surface area contributed by atoms with Crippen molar-refractivity contribution >= 4 is 17.7 Å². The summed E-state index contributed by atoms with van der Waals surface area (Å²) in [6, 6.07) is 0. The predicted octanol–water partition coefficient (Wildman–Crippen LogP) is 3.94. The minimum absolute atomic E-state index is 0.0323. The van der Waals surface area contributed by atoms with Crippen molar-refractivity contribution in [2.24, 2.45) is 5.92 Å². The molecule has 1 heterocycles. The number of hydrogen-bond donors (Lipinski definition) is 1. The number of aromatic nitrogens is 2. The van der Waals surface area contributed by atoms with Crippen LogP contribution in [0, 0.1) is 12.8 Å². The molecule has 0 bridgehead atoms. The number of carbonyl (C=O) groups excluding carboxylic acids is 1. The van der Waals surface area contributed by atoms with Crippen molar-refractivity contribution in [2.75, 3.05) is 12.8 Å². The molecule has 1 aliphatic carbocycles. The summed E-state index contributed by atoms with van der Waals surface area (Å²) in [6.45, 7) is 6.79. The van der Waals surface area contributed by atoms with Gasteiger partial charge in [-0.2, -0.15) is 0 Å². The van der Waals surface area contributed by atoms with Gasteiger partial charge in [0.05, 0.1) is 11.3 Å². The first-order valence-electron chi connectivity index (χ1n) is 8.23. The Balaban J connectivity index is 2.04. The lowest BCUT2D eigenvalue weighted by molar-refractivity contribution is 0.0946. The van der Waals surface area contributed by atoms with Crippen LogP contribution in [0.15, 0.2) is 5.03 Å². The van der Waals surface area contributed by atoms with Crippen LogP contribution in [0.2, 0.25) is 0 Å². The molecule has 5 heteroatoms. The van der Waals surface area contributed by atoms with E-state index in [1.54, 1.807) is 0 Å². The molecule has 2 rings (SSSR count). The van der Waals surface area contributed by atoms with Gasteiger partial charge in [0.1, 0.15) is 10.9 Å². The van der Waals surface area contributed by atoms with Crippen LogP contribution >= 0.6 is 11.8 Å². The minimum Gasteiger partial charge on any atom is -0.352 e. The van der Waals surface area contributed by atoms with E-state index in [0.717, 1.165) is 35.4 Å². The van der Waals surface area contributed by atoms with Gasteiger partial charge in [0.25, 0.3) is 5.91 Å². The number of rotatable bonds is 6. The van der Waals surface area contributed by atoms with Crippen molar-refractivity contribution in [2.45, 2.75) is 63.8 Å². The maximum absolute atomic E-state index is 12.5. The Kier molecular flexibility index (Phi) is 6.24. The Labute approximate surface area is 137 Å².